The second-order valence-electron chi connectivity index (χ2n) is 6.73. The van der Waals surface area contributed by atoms with Gasteiger partial charge in [0.05, 0.1) is 6.54 Å². The van der Waals surface area contributed by atoms with Crippen LogP contribution in [0, 0.1) is 0 Å². The lowest BCUT2D eigenvalue weighted by atomic mass is 10.0. The van der Waals surface area contributed by atoms with Crippen LogP contribution in [0.25, 0.3) is 0 Å². The molecule has 0 spiro atoms. The van der Waals surface area contributed by atoms with E-state index < -0.39 is 0 Å². The highest BCUT2D eigenvalue weighted by atomic mass is 32.1. The summed E-state index contributed by atoms with van der Waals surface area (Å²) in [7, 11) is 0. The zero-order valence-corrected chi connectivity index (χ0v) is 16.1. The monoisotopic (exact) mass is 378 g/mol. The molecule has 27 heavy (non-hydrogen) atoms. The van der Waals surface area contributed by atoms with Crippen LogP contribution in [0.4, 0.5) is 5.69 Å². The van der Waals surface area contributed by atoms with E-state index in [9.17, 15) is 4.79 Å². The maximum Gasteiger partial charge on any atom is 0.286 e. The molecule has 1 amide bonds. The van der Waals surface area contributed by atoms with E-state index in [2.05, 4.69) is 51.6 Å². The normalized spacial score (nSPS) is 14.0. The van der Waals surface area contributed by atoms with Gasteiger partial charge in [0.25, 0.3) is 5.91 Å². The number of rotatable bonds is 5. The maximum absolute atomic E-state index is 12.4. The van der Waals surface area contributed by atoms with Crippen molar-refractivity contribution in [3.8, 4) is 0 Å². The Morgan fingerprint density at radius 2 is 1.89 bits per heavy atom. The molecule has 0 fully saturated rings. The highest BCUT2D eigenvalue weighted by molar-refractivity contribution is 7.13. The Bertz CT molecular complexity index is 935. The second kappa shape index (κ2) is 7.98. The number of aromatic nitrogens is 2. The molecular weight excluding hydrogens is 356 g/mol. The van der Waals surface area contributed by atoms with E-state index in [-0.39, 0.29) is 5.91 Å². The summed E-state index contributed by atoms with van der Waals surface area (Å²) in [6, 6.07) is 16.5. The molecule has 1 aliphatic rings. The van der Waals surface area contributed by atoms with Gasteiger partial charge >= 0.3 is 0 Å². The number of aryl methyl sites for hydroxylation is 1. The first-order valence-corrected chi connectivity index (χ1v) is 10.0. The zero-order valence-electron chi connectivity index (χ0n) is 15.3. The molecule has 0 atom stereocenters. The van der Waals surface area contributed by atoms with E-state index >= 15 is 0 Å². The molecule has 1 aliphatic heterocycles. The molecule has 138 valence electrons. The topological polar surface area (TPSA) is 58.1 Å². The van der Waals surface area contributed by atoms with E-state index in [1.165, 1.54) is 28.0 Å². The lowest BCUT2D eigenvalue weighted by Crippen LogP contribution is -2.29. The molecule has 0 aliphatic carbocycles. The van der Waals surface area contributed by atoms with E-state index in [1.807, 2.05) is 24.3 Å². The van der Waals surface area contributed by atoms with Crippen LogP contribution in [0.15, 0.2) is 48.5 Å². The predicted octanol–water partition coefficient (Wildman–Crippen LogP) is 3.91. The standard InChI is InChI=1S/C21H22N4OS/c1-2-15-7-9-18(10-8-15)22-20(26)21-24-23-19(27-21)14-25-12-11-16-5-3-4-6-17(16)13-25/h3-10H,2,11-14H2,1H3,(H,22,26). The largest absolute Gasteiger partial charge is 0.320 e. The number of amides is 1. The molecule has 4 rings (SSSR count). The molecule has 0 bridgehead atoms. The first kappa shape index (κ1) is 17.8. The number of nitrogens with one attached hydrogen (secondary N) is 1. The van der Waals surface area contributed by atoms with Crippen molar-refractivity contribution in [3.63, 3.8) is 0 Å². The van der Waals surface area contributed by atoms with Crippen LogP contribution in [-0.2, 0) is 25.9 Å². The van der Waals surface area contributed by atoms with Gasteiger partial charge in [0.1, 0.15) is 5.01 Å². The van der Waals surface area contributed by atoms with Crippen LogP contribution < -0.4 is 5.32 Å². The number of carbonyl (C=O) groups excluding carboxylic acids is 1. The third-order valence-electron chi connectivity index (χ3n) is 4.85. The Labute approximate surface area is 163 Å². The van der Waals surface area contributed by atoms with Gasteiger partial charge in [-0.25, -0.2) is 0 Å². The van der Waals surface area contributed by atoms with Crippen molar-refractivity contribution in [1.29, 1.82) is 0 Å². The van der Waals surface area contributed by atoms with Crippen molar-refractivity contribution in [1.82, 2.24) is 15.1 Å². The summed E-state index contributed by atoms with van der Waals surface area (Å²) in [6.45, 7) is 4.75. The SMILES string of the molecule is CCc1ccc(NC(=O)c2nnc(CN3CCc4ccccc4C3)s2)cc1. The van der Waals surface area contributed by atoms with Crippen LogP contribution in [-0.4, -0.2) is 27.5 Å². The number of fused-ring (bicyclic) bond motifs is 1. The first-order valence-electron chi connectivity index (χ1n) is 9.23. The van der Waals surface area contributed by atoms with E-state index in [4.69, 9.17) is 0 Å². The summed E-state index contributed by atoms with van der Waals surface area (Å²) in [5.74, 6) is -0.202. The number of benzene rings is 2. The molecule has 0 saturated carbocycles. The van der Waals surface area contributed by atoms with Crippen molar-refractivity contribution < 1.29 is 4.79 Å². The summed E-state index contributed by atoms with van der Waals surface area (Å²) in [6.07, 6.45) is 2.03. The van der Waals surface area contributed by atoms with Crippen LogP contribution >= 0.6 is 11.3 Å². The summed E-state index contributed by atoms with van der Waals surface area (Å²) in [4.78, 5) is 14.8. The molecule has 3 aromatic rings. The Morgan fingerprint density at radius 3 is 2.67 bits per heavy atom. The summed E-state index contributed by atoms with van der Waals surface area (Å²) >= 11 is 1.37. The average molecular weight is 379 g/mol. The Hall–Kier alpha value is -2.57. The molecular formula is C21H22N4OS. The summed E-state index contributed by atoms with van der Waals surface area (Å²) in [5, 5.41) is 12.5. The average Bonchev–Trinajstić information content (AvgIpc) is 3.17. The van der Waals surface area contributed by atoms with Gasteiger partial charge in [-0.1, -0.05) is 54.7 Å². The third kappa shape index (κ3) is 4.23. The van der Waals surface area contributed by atoms with Gasteiger partial charge in [0.15, 0.2) is 0 Å². The van der Waals surface area contributed by atoms with E-state index in [1.54, 1.807) is 0 Å². The minimum atomic E-state index is -0.202. The molecule has 0 unspecified atom stereocenters. The van der Waals surface area contributed by atoms with Gasteiger partial charge in [-0.15, -0.1) is 10.2 Å². The second-order valence-corrected chi connectivity index (χ2v) is 7.80. The fourth-order valence-corrected chi connectivity index (χ4v) is 4.08. The first-order chi connectivity index (χ1) is 13.2. The Morgan fingerprint density at radius 1 is 1.11 bits per heavy atom. The lowest BCUT2D eigenvalue weighted by Gasteiger charge is -2.27. The lowest BCUT2D eigenvalue weighted by molar-refractivity contribution is 0.102. The van der Waals surface area contributed by atoms with Crippen molar-refractivity contribution in [2.24, 2.45) is 0 Å². The van der Waals surface area contributed by atoms with Crippen molar-refractivity contribution in [2.75, 3.05) is 11.9 Å². The Kier molecular flexibility index (Phi) is 5.27. The summed E-state index contributed by atoms with van der Waals surface area (Å²) in [5.41, 5.74) is 4.83. The van der Waals surface area contributed by atoms with E-state index in [0.29, 0.717) is 5.01 Å². The molecule has 2 aromatic carbocycles. The predicted molar refractivity (Wildman–Crippen MR) is 108 cm³/mol. The third-order valence-corrected chi connectivity index (χ3v) is 5.76. The molecule has 0 saturated heterocycles. The van der Waals surface area contributed by atoms with Crippen LogP contribution in [0.2, 0.25) is 0 Å². The molecule has 5 nitrogen and oxygen atoms in total. The molecule has 6 heteroatoms. The van der Waals surface area contributed by atoms with E-state index in [0.717, 1.165) is 43.2 Å². The minimum absolute atomic E-state index is 0.202. The number of nitrogens with zero attached hydrogens (tertiary/aromatic N) is 3. The van der Waals surface area contributed by atoms with Crippen LogP contribution in [0.3, 0.4) is 0 Å². The molecule has 1 aromatic heterocycles. The highest BCUT2D eigenvalue weighted by Gasteiger charge is 2.19. The van der Waals surface area contributed by atoms with Crippen molar-refractivity contribution >= 4 is 22.9 Å². The van der Waals surface area contributed by atoms with Crippen molar-refractivity contribution in [3.05, 3.63) is 75.2 Å². The maximum atomic E-state index is 12.4. The zero-order chi connectivity index (χ0) is 18.6. The molecule has 1 N–H and O–H groups in total. The fraction of sp³-hybridized carbons (Fsp3) is 0.286. The van der Waals surface area contributed by atoms with Gasteiger partial charge < -0.3 is 5.32 Å². The van der Waals surface area contributed by atoms with Crippen LogP contribution in [0.1, 0.15) is 38.4 Å². The quantitative estimate of drug-likeness (QED) is 0.731. The summed E-state index contributed by atoms with van der Waals surface area (Å²) < 4.78 is 0. The van der Waals surface area contributed by atoms with Gasteiger partial charge in [-0.3, -0.25) is 9.69 Å². The fourth-order valence-electron chi connectivity index (χ4n) is 3.30. The number of hydrogen-bond donors (Lipinski definition) is 1. The van der Waals surface area contributed by atoms with Gasteiger partial charge in [-0.2, -0.15) is 0 Å². The highest BCUT2D eigenvalue weighted by Crippen LogP contribution is 2.22. The molecule has 0 radical (unpaired) electrons. The van der Waals surface area contributed by atoms with Crippen molar-refractivity contribution in [2.45, 2.75) is 32.9 Å². The van der Waals surface area contributed by atoms with Gasteiger partial charge in [0.2, 0.25) is 5.01 Å². The van der Waals surface area contributed by atoms with Gasteiger partial charge in [0, 0.05) is 18.8 Å². The number of hydrogen-bond acceptors (Lipinski definition) is 5. The number of carbonyl (C=O) groups is 1. The number of anilines is 1. The minimum Gasteiger partial charge on any atom is -0.320 e. The van der Waals surface area contributed by atoms with Gasteiger partial charge in [-0.05, 0) is 41.7 Å². The molecule has 2 heterocycles. The Balaban J connectivity index is 1.37. The smallest absolute Gasteiger partial charge is 0.286 e. The van der Waals surface area contributed by atoms with Crippen LogP contribution in [0.5, 0.6) is 0 Å².